The van der Waals surface area contributed by atoms with E-state index in [0.29, 0.717) is 11.4 Å². The Balaban J connectivity index is 1.91. The Labute approximate surface area is 120 Å². The van der Waals surface area contributed by atoms with E-state index in [1.165, 1.54) is 24.3 Å². The Morgan fingerprint density at radius 1 is 1.10 bits per heavy atom. The van der Waals surface area contributed by atoms with E-state index in [-0.39, 0.29) is 18.1 Å². The fraction of sp³-hybridized carbons (Fsp3) is 0.133. The van der Waals surface area contributed by atoms with Crippen molar-refractivity contribution in [3.8, 4) is 5.75 Å². The zero-order valence-corrected chi connectivity index (χ0v) is 11.1. The molecule has 0 atom stereocenters. The lowest BCUT2D eigenvalue weighted by Crippen LogP contribution is -2.14. The van der Waals surface area contributed by atoms with Gasteiger partial charge in [0.25, 0.3) is 0 Å². The Morgan fingerprint density at radius 3 is 2.29 bits per heavy atom. The summed E-state index contributed by atoms with van der Waals surface area (Å²) >= 11 is 0. The van der Waals surface area contributed by atoms with Gasteiger partial charge in [-0.15, -0.1) is 0 Å². The van der Waals surface area contributed by atoms with Crippen LogP contribution >= 0.6 is 0 Å². The van der Waals surface area contributed by atoms with E-state index in [4.69, 9.17) is 5.73 Å². The predicted octanol–water partition coefficient (Wildman–Crippen LogP) is 3.05. The minimum Gasteiger partial charge on any atom is -0.435 e. The smallest absolute Gasteiger partial charge is 0.387 e. The molecule has 1 amide bonds. The lowest BCUT2D eigenvalue weighted by Gasteiger charge is -2.07. The van der Waals surface area contributed by atoms with E-state index in [0.717, 1.165) is 5.56 Å². The number of amides is 1. The first-order chi connectivity index (χ1) is 10.0. The molecule has 0 radical (unpaired) electrons. The molecule has 21 heavy (non-hydrogen) atoms. The third-order valence-electron chi connectivity index (χ3n) is 2.71. The minimum absolute atomic E-state index is 0.0431. The average Bonchev–Trinajstić information content (AvgIpc) is 2.43. The molecule has 0 saturated carbocycles. The van der Waals surface area contributed by atoms with E-state index in [1.807, 2.05) is 0 Å². The summed E-state index contributed by atoms with van der Waals surface area (Å²) in [6.45, 7) is -2.86. The van der Waals surface area contributed by atoms with Gasteiger partial charge in [-0.2, -0.15) is 8.78 Å². The topological polar surface area (TPSA) is 64.4 Å². The van der Waals surface area contributed by atoms with Crippen LogP contribution in [0.1, 0.15) is 5.56 Å². The lowest BCUT2D eigenvalue weighted by atomic mass is 10.1. The van der Waals surface area contributed by atoms with Crippen molar-refractivity contribution in [3.05, 3.63) is 54.1 Å². The third-order valence-corrected chi connectivity index (χ3v) is 2.71. The number of hydrogen-bond acceptors (Lipinski definition) is 3. The van der Waals surface area contributed by atoms with Gasteiger partial charge in [-0.1, -0.05) is 12.1 Å². The van der Waals surface area contributed by atoms with Crippen LogP contribution in [0, 0.1) is 0 Å². The van der Waals surface area contributed by atoms with Crippen molar-refractivity contribution in [2.45, 2.75) is 13.0 Å². The summed E-state index contributed by atoms with van der Waals surface area (Å²) in [6.07, 6.45) is 0.204. The van der Waals surface area contributed by atoms with Crippen molar-refractivity contribution in [2.24, 2.45) is 0 Å². The number of benzene rings is 2. The highest BCUT2D eigenvalue weighted by atomic mass is 19.3. The van der Waals surface area contributed by atoms with E-state index < -0.39 is 6.61 Å². The van der Waals surface area contributed by atoms with Gasteiger partial charge in [0.15, 0.2) is 0 Å². The second-order valence-corrected chi connectivity index (χ2v) is 4.37. The molecule has 0 bridgehead atoms. The van der Waals surface area contributed by atoms with Gasteiger partial charge in [0.05, 0.1) is 6.42 Å². The van der Waals surface area contributed by atoms with Crippen molar-refractivity contribution < 1.29 is 18.3 Å². The van der Waals surface area contributed by atoms with Crippen LogP contribution < -0.4 is 15.8 Å². The normalized spacial score (nSPS) is 10.4. The molecule has 0 aliphatic rings. The Kier molecular flexibility index (Phi) is 4.71. The maximum absolute atomic E-state index is 12.0. The van der Waals surface area contributed by atoms with Crippen molar-refractivity contribution >= 4 is 17.3 Å². The monoisotopic (exact) mass is 292 g/mol. The van der Waals surface area contributed by atoms with Crippen molar-refractivity contribution in [2.75, 3.05) is 11.1 Å². The van der Waals surface area contributed by atoms with Crippen LogP contribution in [0.3, 0.4) is 0 Å². The van der Waals surface area contributed by atoms with Crippen LogP contribution in [-0.2, 0) is 11.2 Å². The summed E-state index contributed by atoms with van der Waals surface area (Å²) in [5, 5.41) is 2.67. The van der Waals surface area contributed by atoms with Gasteiger partial charge in [0.2, 0.25) is 5.91 Å². The molecule has 110 valence electrons. The van der Waals surface area contributed by atoms with Crippen LogP contribution in [0.25, 0.3) is 0 Å². The molecule has 0 saturated heterocycles. The average molecular weight is 292 g/mol. The first kappa shape index (κ1) is 14.8. The Hall–Kier alpha value is -2.63. The van der Waals surface area contributed by atoms with Crippen LogP contribution in [0.15, 0.2) is 48.5 Å². The highest BCUT2D eigenvalue weighted by Gasteiger charge is 2.06. The molecule has 0 aromatic heterocycles. The van der Waals surface area contributed by atoms with E-state index >= 15 is 0 Å². The molecule has 0 spiro atoms. The number of nitrogens with two attached hydrogens (primary N) is 1. The maximum atomic E-state index is 12.0. The molecule has 2 aromatic carbocycles. The van der Waals surface area contributed by atoms with Gasteiger partial charge in [-0.05, 0) is 42.0 Å². The first-order valence-corrected chi connectivity index (χ1v) is 6.22. The molecule has 2 rings (SSSR count). The van der Waals surface area contributed by atoms with Crippen LogP contribution in [-0.4, -0.2) is 12.5 Å². The van der Waals surface area contributed by atoms with E-state index in [1.54, 1.807) is 24.3 Å². The second kappa shape index (κ2) is 6.69. The summed E-state index contributed by atoms with van der Waals surface area (Å²) in [5.41, 5.74) is 7.54. The number of nitrogen functional groups attached to an aromatic ring is 1. The summed E-state index contributed by atoms with van der Waals surface area (Å²) in [5.74, 6) is -0.163. The quantitative estimate of drug-likeness (QED) is 0.832. The standard InChI is InChI=1S/C15H14F2N2O2/c16-15(17)21-13-7-5-12(6-8-13)19-14(20)9-10-1-3-11(18)4-2-10/h1-8,15H,9,18H2,(H,19,20). The fourth-order valence-corrected chi connectivity index (χ4v) is 1.75. The number of alkyl halides is 2. The van der Waals surface area contributed by atoms with Crippen LogP contribution in [0.5, 0.6) is 5.75 Å². The molecular weight excluding hydrogens is 278 g/mol. The van der Waals surface area contributed by atoms with Gasteiger partial charge in [-0.3, -0.25) is 4.79 Å². The molecule has 0 fully saturated rings. The highest BCUT2D eigenvalue weighted by Crippen LogP contribution is 2.18. The lowest BCUT2D eigenvalue weighted by molar-refractivity contribution is -0.115. The number of rotatable bonds is 5. The summed E-state index contributed by atoms with van der Waals surface area (Å²) in [7, 11) is 0. The van der Waals surface area contributed by atoms with Gasteiger partial charge in [0.1, 0.15) is 5.75 Å². The molecule has 0 aliphatic carbocycles. The number of hydrogen-bond donors (Lipinski definition) is 2. The van der Waals surface area contributed by atoms with Gasteiger partial charge in [-0.25, -0.2) is 0 Å². The number of anilines is 2. The molecule has 0 unspecified atom stereocenters. The number of nitrogens with one attached hydrogen (secondary N) is 1. The van der Waals surface area contributed by atoms with E-state index in [9.17, 15) is 13.6 Å². The van der Waals surface area contributed by atoms with Crippen molar-refractivity contribution in [1.29, 1.82) is 0 Å². The van der Waals surface area contributed by atoms with Crippen LogP contribution in [0.2, 0.25) is 0 Å². The number of halogens is 2. The summed E-state index contributed by atoms with van der Waals surface area (Å²) in [6, 6.07) is 12.7. The van der Waals surface area contributed by atoms with Gasteiger partial charge in [0, 0.05) is 11.4 Å². The number of carbonyl (C=O) groups excluding carboxylic acids is 1. The third kappa shape index (κ3) is 4.76. The zero-order chi connectivity index (χ0) is 15.2. The molecule has 6 heteroatoms. The summed E-state index contributed by atoms with van der Waals surface area (Å²) < 4.78 is 28.2. The largest absolute Gasteiger partial charge is 0.435 e. The molecule has 0 aliphatic heterocycles. The molecule has 2 aromatic rings. The molecule has 4 nitrogen and oxygen atoms in total. The first-order valence-electron chi connectivity index (χ1n) is 6.22. The Bertz CT molecular complexity index is 598. The van der Waals surface area contributed by atoms with Gasteiger partial charge < -0.3 is 15.8 Å². The van der Waals surface area contributed by atoms with Crippen molar-refractivity contribution in [1.82, 2.24) is 0 Å². The zero-order valence-electron chi connectivity index (χ0n) is 11.1. The maximum Gasteiger partial charge on any atom is 0.387 e. The predicted molar refractivity (Wildman–Crippen MR) is 76.3 cm³/mol. The SMILES string of the molecule is Nc1ccc(CC(=O)Nc2ccc(OC(F)F)cc2)cc1. The molecule has 0 heterocycles. The van der Waals surface area contributed by atoms with E-state index in [2.05, 4.69) is 10.1 Å². The van der Waals surface area contributed by atoms with Crippen LogP contribution in [0.4, 0.5) is 20.2 Å². The molecular formula is C15H14F2N2O2. The molecule has 3 N–H and O–H groups in total. The van der Waals surface area contributed by atoms with Crippen molar-refractivity contribution in [3.63, 3.8) is 0 Å². The second-order valence-electron chi connectivity index (χ2n) is 4.37. The van der Waals surface area contributed by atoms with Gasteiger partial charge >= 0.3 is 6.61 Å². The Morgan fingerprint density at radius 2 is 1.71 bits per heavy atom. The minimum atomic E-state index is -2.86. The highest BCUT2D eigenvalue weighted by molar-refractivity contribution is 5.92. The number of carbonyl (C=O) groups is 1. The fourth-order valence-electron chi connectivity index (χ4n) is 1.75. The summed E-state index contributed by atoms with van der Waals surface area (Å²) in [4.78, 5) is 11.8. The number of ether oxygens (including phenoxy) is 1.